The van der Waals surface area contributed by atoms with Crippen molar-refractivity contribution in [3.8, 4) is 0 Å². The van der Waals surface area contributed by atoms with E-state index in [9.17, 15) is 14.7 Å². The zero-order valence-electron chi connectivity index (χ0n) is 25.7. The molecule has 4 rings (SSSR count). The SMILES string of the molecule is COC(=O)c1nn(COCC[Si](C)(C)C)c2cc(Br)ccc12.C[Si](C)(C)CCOCn1nc(C(=O)O)c2ccc(Br)cc21. The third kappa shape index (κ3) is 10.4. The van der Waals surface area contributed by atoms with Crippen molar-refractivity contribution in [2.45, 2.75) is 64.8 Å². The van der Waals surface area contributed by atoms with Gasteiger partial charge in [-0.15, -0.1) is 0 Å². The smallest absolute Gasteiger partial charge is 0.359 e. The van der Waals surface area contributed by atoms with Crippen LogP contribution in [0.3, 0.4) is 0 Å². The van der Waals surface area contributed by atoms with Crippen LogP contribution in [-0.4, -0.2) is 73.1 Å². The highest BCUT2D eigenvalue weighted by atomic mass is 79.9. The number of aromatic carboxylic acids is 1. The van der Waals surface area contributed by atoms with E-state index in [0.29, 0.717) is 31.0 Å². The van der Waals surface area contributed by atoms with Crippen molar-refractivity contribution < 1.29 is 28.9 Å². The summed E-state index contributed by atoms with van der Waals surface area (Å²) in [7, 11) is -0.882. The number of fused-ring (bicyclic) bond motifs is 2. The maximum Gasteiger partial charge on any atom is 0.359 e. The Morgan fingerprint density at radius 2 is 1.19 bits per heavy atom. The second-order valence-electron chi connectivity index (χ2n) is 12.5. The van der Waals surface area contributed by atoms with Gasteiger partial charge in [0, 0.05) is 49.1 Å². The predicted molar refractivity (Wildman–Crippen MR) is 181 cm³/mol. The van der Waals surface area contributed by atoms with Gasteiger partial charge in [0.15, 0.2) is 11.4 Å². The predicted octanol–water partition coefficient (Wildman–Crippen LogP) is 7.71. The first-order valence-electron chi connectivity index (χ1n) is 13.9. The first kappa shape index (κ1) is 35.1. The summed E-state index contributed by atoms with van der Waals surface area (Å²) in [6, 6.07) is 13.3. The Morgan fingerprint density at radius 1 is 0.767 bits per heavy atom. The van der Waals surface area contributed by atoms with Crippen molar-refractivity contribution in [3.63, 3.8) is 0 Å². The molecule has 0 amide bonds. The minimum Gasteiger partial charge on any atom is -0.476 e. The number of rotatable bonds is 12. The summed E-state index contributed by atoms with van der Waals surface area (Å²) in [4.78, 5) is 23.1. The number of methoxy groups -OCH3 is 1. The van der Waals surface area contributed by atoms with Crippen molar-refractivity contribution >= 4 is 81.8 Å². The standard InChI is InChI=1S/C15H21BrN2O3Si.C14H19BrN2O3Si/c1-20-15(19)14-12-6-5-11(16)9-13(12)18(17-14)10-21-7-8-22(2,3)4;1-21(2,3)7-6-20-9-17-12-8-10(15)4-5-11(12)13(16-17)14(18)19/h5-6,9H,7-8,10H2,1-4H3;4-5,8H,6-7,9H2,1-3H3,(H,18,19). The Morgan fingerprint density at radius 3 is 1.58 bits per heavy atom. The van der Waals surface area contributed by atoms with E-state index in [2.05, 4.69) is 81.3 Å². The molecule has 0 saturated heterocycles. The second kappa shape index (κ2) is 15.1. The van der Waals surface area contributed by atoms with E-state index in [-0.39, 0.29) is 12.4 Å². The summed E-state index contributed by atoms with van der Waals surface area (Å²) in [5.74, 6) is -1.46. The Bertz CT molecular complexity index is 1580. The quantitative estimate of drug-likeness (QED) is 0.0888. The lowest BCUT2D eigenvalue weighted by atomic mass is 10.2. The third-order valence-corrected chi connectivity index (χ3v) is 10.8. The fraction of sp³-hybridized carbons (Fsp3) is 0.448. The van der Waals surface area contributed by atoms with Gasteiger partial charge in [-0.1, -0.05) is 71.1 Å². The second-order valence-corrected chi connectivity index (χ2v) is 25.6. The van der Waals surface area contributed by atoms with Gasteiger partial charge >= 0.3 is 11.9 Å². The van der Waals surface area contributed by atoms with Crippen molar-refractivity contribution in [1.82, 2.24) is 19.6 Å². The minimum atomic E-state index is -1.13. The molecular weight excluding hydrogens is 716 g/mol. The van der Waals surface area contributed by atoms with E-state index in [0.717, 1.165) is 37.5 Å². The number of benzene rings is 2. The zero-order chi connectivity index (χ0) is 31.9. The van der Waals surface area contributed by atoms with Gasteiger partial charge in [-0.25, -0.2) is 19.0 Å². The summed E-state index contributed by atoms with van der Waals surface area (Å²) in [6.07, 6.45) is 0. The van der Waals surface area contributed by atoms with Crippen LogP contribution in [0.5, 0.6) is 0 Å². The van der Waals surface area contributed by atoms with E-state index >= 15 is 0 Å². The summed E-state index contributed by atoms with van der Waals surface area (Å²) in [6.45, 7) is 15.8. The molecule has 0 saturated carbocycles. The molecule has 0 spiro atoms. The van der Waals surface area contributed by atoms with Crippen LogP contribution < -0.4 is 0 Å². The number of carboxylic acid groups (broad SMARTS) is 1. The summed E-state index contributed by atoms with van der Waals surface area (Å²) < 4.78 is 21.3. The number of nitrogens with zero attached hydrogens (tertiary/aromatic N) is 4. The molecule has 43 heavy (non-hydrogen) atoms. The largest absolute Gasteiger partial charge is 0.476 e. The molecular formula is C29H40Br2N4O6Si2. The molecule has 1 N–H and O–H groups in total. The maximum atomic E-state index is 11.8. The van der Waals surface area contributed by atoms with Gasteiger partial charge in [-0.3, -0.25) is 0 Å². The van der Waals surface area contributed by atoms with Crippen LogP contribution in [0.1, 0.15) is 21.0 Å². The van der Waals surface area contributed by atoms with Crippen LogP contribution in [0.25, 0.3) is 21.8 Å². The molecule has 4 aromatic rings. The van der Waals surface area contributed by atoms with Gasteiger partial charge in [0.2, 0.25) is 0 Å². The number of aromatic nitrogens is 4. The lowest BCUT2D eigenvalue weighted by molar-refractivity contribution is 0.0584. The number of hydrogen-bond acceptors (Lipinski definition) is 7. The molecule has 2 aromatic carbocycles. The van der Waals surface area contributed by atoms with E-state index in [1.165, 1.54) is 7.11 Å². The van der Waals surface area contributed by atoms with E-state index in [1.54, 1.807) is 15.4 Å². The fourth-order valence-electron chi connectivity index (χ4n) is 3.96. The number of halogens is 2. The first-order valence-corrected chi connectivity index (χ1v) is 22.9. The van der Waals surface area contributed by atoms with Crippen LogP contribution in [0.4, 0.5) is 0 Å². The molecule has 0 unspecified atom stereocenters. The van der Waals surface area contributed by atoms with E-state index in [1.807, 2.05) is 30.3 Å². The molecule has 10 nitrogen and oxygen atoms in total. The molecule has 2 aromatic heterocycles. The Labute approximate surface area is 271 Å². The minimum absolute atomic E-state index is 0.0614. The van der Waals surface area contributed by atoms with Crippen LogP contribution in [-0.2, 0) is 27.7 Å². The van der Waals surface area contributed by atoms with Gasteiger partial charge in [0.25, 0.3) is 0 Å². The fourth-order valence-corrected chi connectivity index (χ4v) is 6.17. The lowest BCUT2D eigenvalue weighted by Crippen LogP contribution is -2.22. The number of hydrogen-bond donors (Lipinski definition) is 1. The molecule has 0 bridgehead atoms. The Balaban J connectivity index is 0.000000236. The van der Waals surface area contributed by atoms with Crippen molar-refractivity contribution in [2.75, 3.05) is 20.3 Å². The molecule has 0 aliphatic rings. The maximum absolute atomic E-state index is 11.8. The Hall–Kier alpha value is -2.37. The number of carbonyl (C=O) groups is 2. The number of carbonyl (C=O) groups excluding carboxylic acids is 1. The Kier molecular flexibility index (Phi) is 12.3. The van der Waals surface area contributed by atoms with Crippen LogP contribution in [0.15, 0.2) is 45.3 Å². The van der Waals surface area contributed by atoms with E-state index in [4.69, 9.17) is 14.2 Å². The molecule has 234 valence electrons. The molecule has 0 radical (unpaired) electrons. The molecule has 2 heterocycles. The summed E-state index contributed by atoms with van der Waals surface area (Å²) in [5, 5.41) is 19.1. The molecule has 0 aliphatic carbocycles. The number of carboxylic acids is 1. The highest BCUT2D eigenvalue weighted by Crippen LogP contribution is 2.25. The number of ether oxygens (including phenoxy) is 3. The molecule has 0 fully saturated rings. The van der Waals surface area contributed by atoms with Gasteiger partial charge in [-0.2, -0.15) is 10.2 Å². The monoisotopic (exact) mass is 754 g/mol. The van der Waals surface area contributed by atoms with Crippen LogP contribution in [0, 0.1) is 0 Å². The van der Waals surface area contributed by atoms with E-state index < -0.39 is 28.1 Å². The average Bonchev–Trinajstić information content (AvgIpc) is 3.46. The van der Waals surface area contributed by atoms with Crippen LogP contribution >= 0.6 is 31.9 Å². The van der Waals surface area contributed by atoms with Gasteiger partial charge in [0.05, 0.1) is 18.1 Å². The molecule has 14 heteroatoms. The van der Waals surface area contributed by atoms with Gasteiger partial charge < -0.3 is 19.3 Å². The van der Waals surface area contributed by atoms with Crippen molar-refractivity contribution in [1.29, 1.82) is 0 Å². The van der Waals surface area contributed by atoms with Crippen molar-refractivity contribution in [3.05, 3.63) is 56.7 Å². The normalized spacial score (nSPS) is 11.9. The summed E-state index contributed by atoms with van der Waals surface area (Å²) in [5.41, 5.74) is 1.99. The average molecular weight is 757 g/mol. The highest BCUT2D eigenvalue weighted by Gasteiger charge is 2.19. The van der Waals surface area contributed by atoms with Crippen molar-refractivity contribution in [2.24, 2.45) is 0 Å². The summed E-state index contributed by atoms with van der Waals surface area (Å²) >= 11 is 6.84. The number of esters is 1. The third-order valence-electron chi connectivity index (χ3n) is 6.43. The topological polar surface area (TPSA) is 118 Å². The molecule has 0 atom stereocenters. The molecule has 0 aliphatic heterocycles. The van der Waals surface area contributed by atoms with Gasteiger partial charge in [-0.05, 0) is 48.5 Å². The highest BCUT2D eigenvalue weighted by molar-refractivity contribution is 9.10. The lowest BCUT2D eigenvalue weighted by Gasteiger charge is -2.15. The zero-order valence-corrected chi connectivity index (χ0v) is 30.9. The first-order chi connectivity index (χ1) is 20.1. The van der Waals surface area contributed by atoms with Crippen LogP contribution in [0.2, 0.25) is 51.4 Å². The van der Waals surface area contributed by atoms with Gasteiger partial charge in [0.1, 0.15) is 13.5 Å².